The molecule has 0 aromatic heterocycles. The topological polar surface area (TPSA) is 73.9 Å². The molecular weight excluding hydrogens is 341 g/mol. The van der Waals surface area contributed by atoms with E-state index in [-0.39, 0.29) is 11.3 Å². The fourth-order valence-electron chi connectivity index (χ4n) is 2.19. The number of amides is 1. The van der Waals surface area contributed by atoms with Crippen LogP contribution in [0.15, 0.2) is 36.4 Å². The van der Waals surface area contributed by atoms with Crippen LogP contribution in [0.2, 0.25) is 0 Å². The second kappa shape index (κ2) is 8.84. The third kappa shape index (κ3) is 4.95. The van der Waals surface area contributed by atoms with Gasteiger partial charge in [0.2, 0.25) is 0 Å². The van der Waals surface area contributed by atoms with Crippen LogP contribution < -0.4 is 14.8 Å². The molecule has 26 heavy (non-hydrogen) atoms. The third-order valence-corrected chi connectivity index (χ3v) is 3.43. The molecule has 6 nitrogen and oxygen atoms in total. The van der Waals surface area contributed by atoms with Crippen LogP contribution in [0.1, 0.15) is 22.8 Å². The van der Waals surface area contributed by atoms with E-state index < -0.39 is 24.3 Å². The Kier molecular flexibility index (Phi) is 6.54. The van der Waals surface area contributed by atoms with Crippen LogP contribution >= 0.6 is 0 Å². The SMILES string of the molecule is CCOc1ccc(C(=O)OCC(=O)Nc2ccc(C)cc2F)cc1OC. The van der Waals surface area contributed by atoms with Crippen molar-refractivity contribution in [2.75, 3.05) is 25.6 Å². The molecule has 0 saturated carbocycles. The number of benzene rings is 2. The number of aryl methyl sites for hydroxylation is 1. The molecule has 2 aromatic rings. The van der Waals surface area contributed by atoms with Crippen molar-refractivity contribution in [2.24, 2.45) is 0 Å². The van der Waals surface area contributed by atoms with E-state index >= 15 is 0 Å². The summed E-state index contributed by atoms with van der Waals surface area (Å²) in [5.74, 6) is -1.02. The summed E-state index contributed by atoms with van der Waals surface area (Å²) < 4.78 is 29.2. The third-order valence-electron chi connectivity index (χ3n) is 3.43. The van der Waals surface area contributed by atoms with Crippen LogP contribution in [-0.4, -0.2) is 32.2 Å². The Labute approximate surface area is 150 Å². The van der Waals surface area contributed by atoms with Crippen LogP contribution in [0.3, 0.4) is 0 Å². The van der Waals surface area contributed by atoms with Gasteiger partial charge in [-0.25, -0.2) is 9.18 Å². The van der Waals surface area contributed by atoms with Gasteiger partial charge in [0.05, 0.1) is 25.0 Å². The lowest BCUT2D eigenvalue weighted by Crippen LogP contribution is -2.21. The summed E-state index contributed by atoms with van der Waals surface area (Å²) in [6, 6.07) is 8.96. The highest BCUT2D eigenvalue weighted by Gasteiger charge is 2.14. The normalized spacial score (nSPS) is 10.2. The number of carbonyl (C=O) groups is 2. The van der Waals surface area contributed by atoms with Crippen molar-refractivity contribution in [3.8, 4) is 11.5 Å². The lowest BCUT2D eigenvalue weighted by Gasteiger charge is -2.11. The lowest BCUT2D eigenvalue weighted by atomic mass is 10.2. The largest absolute Gasteiger partial charge is 0.493 e. The molecule has 0 aliphatic carbocycles. The minimum atomic E-state index is -0.703. The highest BCUT2D eigenvalue weighted by molar-refractivity contribution is 5.95. The average Bonchev–Trinajstić information content (AvgIpc) is 2.62. The maximum Gasteiger partial charge on any atom is 0.338 e. The molecule has 2 rings (SSSR count). The summed E-state index contributed by atoms with van der Waals surface area (Å²) in [5.41, 5.74) is 0.968. The zero-order valence-electron chi connectivity index (χ0n) is 14.8. The van der Waals surface area contributed by atoms with Gasteiger partial charge in [0, 0.05) is 0 Å². The van der Waals surface area contributed by atoms with E-state index in [4.69, 9.17) is 14.2 Å². The molecule has 0 unspecified atom stereocenters. The molecule has 0 aliphatic heterocycles. The Hall–Kier alpha value is -3.09. The van der Waals surface area contributed by atoms with Gasteiger partial charge < -0.3 is 19.5 Å². The Morgan fingerprint density at radius 3 is 2.54 bits per heavy atom. The number of hydrogen-bond donors (Lipinski definition) is 1. The molecule has 0 bridgehead atoms. The molecule has 138 valence electrons. The lowest BCUT2D eigenvalue weighted by molar-refractivity contribution is -0.119. The van der Waals surface area contributed by atoms with Gasteiger partial charge in [-0.3, -0.25) is 4.79 Å². The van der Waals surface area contributed by atoms with Crippen molar-refractivity contribution in [2.45, 2.75) is 13.8 Å². The van der Waals surface area contributed by atoms with Crippen LogP contribution in [-0.2, 0) is 9.53 Å². The molecule has 0 aliphatic rings. The number of rotatable bonds is 7. The maximum absolute atomic E-state index is 13.7. The van der Waals surface area contributed by atoms with Crippen LogP contribution in [0.5, 0.6) is 11.5 Å². The van der Waals surface area contributed by atoms with Crippen LogP contribution in [0.25, 0.3) is 0 Å². The number of ether oxygens (including phenoxy) is 3. The van der Waals surface area contributed by atoms with Crippen molar-refractivity contribution < 1.29 is 28.2 Å². The molecule has 0 saturated heterocycles. The van der Waals surface area contributed by atoms with Crippen molar-refractivity contribution in [1.29, 1.82) is 0 Å². The first-order valence-corrected chi connectivity index (χ1v) is 7.98. The summed E-state index contributed by atoms with van der Waals surface area (Å²) in [7, 11) is 1.45. The van der Waals surface area contributed by atoms with Crippen LogP contribution in [0, 0.1) is 12.7 Å². The van der Waals surface area contributed by atoms with Crippen LogP contribution in [0.4, 0.5) is 10.1 Å². The molecule has 0 heterocycles. The zero-order chi connectivity index (χ0) is 19.1. The van der Waals surface area contributed by atoms with Crippen molar-refractivity contribution in [3.05, 3.63) is 53.3 Å². The Balaban J connectivity index is 1.96. The van der Waals surface area contributed by atoms with E-state index in [1.165, 1.54) is 31.4 Å². The molecule has 2 aromatic carbocycles. The van der Waals surface area contributed by atoms with Gasteiger partial charge in [-0.15, -0.1) is 0 Å². The Morgan fingerprint density at radius 2 is 1.88 bits per heavy atom. The minimum Gasteiger partial charge on any atom is -0.493 e. The number of halogens is 1. The number of nitrogens with one attached hydrogen (secondary N) is 1. The summed E-state index contributed by atoms with van der Waals surface area (Å²) >= 11 is 0. The summed E-state index contributed by atoms with van der Waals surface area (Å²) in [6.07, 6.45) is 0. The monoisotopic (exact) mass is 361 g/mol. The Bertz CT molecular complexity index is 807. The quantitative estimate of drug-likeness (QED) is 0.766. The summed E-state index contributed by atoms with van der Waals surface area (Å²) in [4.78, 5) is 23.9. The first-order valence-electron chi connectivity index (χ1n) is 7.98. The van der Waals surface area contributed by atoms with E-state index in [2.05, 4.69) is 5.32 Å². The molecule has 1 N–H and O–H groups in total. The van der Waals surface area contributed by atoms with Gasteiger partial charge in [-0.05, 0) is 49.7 Å². The summed E-state index contributed by atoms with van der Waals surface area (Å²) in [5, 5.41) is 2.36. The van der Waals surface area contributed by atoms with E-state index in [9.17, 15) is 14.0 Å². The van der Waals surface area contributed by atoms with Gasteiger partial charge in [-0.2, -0.15) is 0 Å². The zero-order valence-corrected chi connectivity index (χ0v) is 14.8. The number of hydrogen-bond acceptors (Lipinski definition) is 5. The van der Waals surface area contributed by atoms with E-state index in [1.807, 2.05) is 6.92 Å². The van der Waals surface area contributed by atoms with Gasteiger partial charge in [-0.1, -0.05) is 6.07 Å². The molecule has 0 radical (unpaired) electrons. The highest BCUT2D eigenvalue weighted by Crippen LogP contribution is 2.28. The predicted octanol–water partition coefficient (Wildman–Crippen LogP) is 3.34. The van der Waals surface area contributed by atoms with Gasteiger partial charge in [0.25, 0.3) is 5.91 Å². The van der Waals surface area contributed by atoms with Gasteiger partial charge in [0.15, 0.2) is 18.1 Å². The second-order valence-electron chi connectivity index (χ2n) is 5.41. The van der Waals surface area contributed by atoms with Gasteiger partial charge in [0.1, 0.15) is 5.82 Å². The van der Waals surface area contributed by atoms with E-state index in [1.54, 1.807) is 19.1 Å². The van der Waals surface area contributed by atoms with Crippen molar-refractivity contribution in [1.82, 2.24) is 0 Å². The molecule has 0 fully saturated rings. The fraction of sp³-hybridized carbons (Fsp3) is 0.263. The summed E-state index contributed by atoms with van der Waals surface area (Å²) in [6.45, 7) is 3.48. The Morgan fingerprint density at radius 1 is 1.12 bits per heavy atom. The van der Waals surface area contributed by atoms with Crippen molar-refractivity contribution >= 4 is 17.6 Å². The predicted molar refractivity (Wildman–Crippen MR) is 94.2 cm³/mol. The van der Waals surface area contributed by atoms with Gasteiger partial charge >= 0.3 is 5.97 Å². The number of methoxy groups -OCH3 is 1. The number of esters is 1. The average molecular weight is 361 g/mol. The maximum atomic E-state index is 13.7. The minimum absolute atomic E-state index is 0.0272. The molecule has 0 spiro atoms. The fourth-order valence-corrected chi connectivity index (χ4v) is 2.19. The number of anilines is 1. The second-order valence-corrected chi connectivity index (χ2v) is 5.41. The highest BCUT2D eigenvalue weighted by atomic mass is 19.1. The van der Waals surface area contributed by atoms with E-state index in [0.717, 1.165) is 5.56 Å². The molecule has 0 atom stereocenters. The first-order chi connectivity index (χ1) is 12.4. The first kappa shape index (κ1) is 19.2. The molecule has 7 heteroatoms. The molecular formula is C19H20FNO5. The van der Waals surface area contributed by atoms with E-state index in [0.29, 0.717) is 18.1 Å². The smallest absolute Gasteiger partial charge is 0.338 e. The standard InChI is InChI=1S/C19H20FNO5/c1-4-25-16-8-6-13(10-17(16)24-3)19(23)26-11-18(22)21-15-7-5-12(2)9-14(15)20/h5-10H,4,11H2,1-3H3,(H,21,22). The van der Waals surface area contributed by atoms with Crippen molar-refractivity contribution in [3.63, 3.8) is 0 Å². The molecule has 1 amide bonds. The number of carbonyl (C=O) groups excluding carboxylic acids is 2.